The molecule has 0 saturated carbocycles. The number of rotatable bonds is 4. The first kappa shape index (κ1) is 14.2. The normalized spacial score (nSPS) is 11.2. The van der Waals surface area contributed by atoms with E-state index >= 15 is 0 Å². The van der Waals surface area contributed by atoms with Gasteiger partial charge >= 0.3 is 5.69 Å². The summed E-state index contributed by atoms with van der Waals surface area (Å²) in [6.07, 6.45) is 1.32. The zero-order chi connectivity index (χ0) is 15.4. The minimum absolute atomic E-state index is 0.125. The highest BCUT2D eigenvalue weighted by atomic mass is 19.1. The SMILES string of the molecule is NC(=NO)c1cc(Oc2ccc(F)cc2[N+](=O)[O-])ccn1. The van der Waals surface area contributed by atoms with Crippen LogP contribution in [-0.2, 0) is 0 Å². The van der Waals surface area contributed by atoms with Crippen molar-refractivity contribution in [2.75, 3.05) is 0 Å². The van der Waals surface area contributed by atoms with Crippen LogP contribution >= 0.6 is 0 Å². The van der Waals surface area contributed by atoms with Gasteiger partial charge < -0.3 is 15.7 Å². The van der Waals surface area contributed by atoms with E-state index in [-0.39, 0.29) is 23.0 Å². The van der Waals surface area contributed by atoms with E-state index in [9.17, 15) is 14.5 Å². The van der Waals surface area contributed by atoms with Gasteiger partial charge in [0.1, 0.15) is 17.3 Å². The van der Waals surface area contributed by atoms with Crippen molar-refractivity contribution in [1.82, 2.24) is 4.98 Å². The predicted molar refractivity (Wildman–Crippen MR) is 69.9 cm³/mol. The number of halogens is 1. The van der Waals surface area contributed by atoms with Gasteiger partial charge in [-0.2, -0.15) is 0 Å². The van der Waals surface area contributed by atoms with Crippen molar-refractivity contribution < 1.29 is 19.3 Å². The summed E-state index contributed by atoms with van der Waals surface area (Å²) in [6.45, 7) is 0. The Bertz CT molecular complexity index is 720. The molecule has 0 aliphatic rings. The Morgan fingerprint density at radius 1 is 1.43 bits per heavy atom. The second kappa shape index (κ2) is 5.82. The lowest BCUT2D eigenvalue weighted by atomic mass is 10.3. The van der Waals surface area contributed by atoms with E-state index in [2.05, 4.69) is 10.1 Å². The number of nitro benzene ring substituents is 1. The van der Waals surface area contributed by atoms with E-state index in [0.29, 0.717) is 0 Å². The topological polar surface area (TPSA) is 124 Å². The number of oxime groups is 1. The molecule has 1 aromatic carbocycles. The van der Waals surface area contributed by atoms with Crippen LogP contribution in [0.3, 0.4) is 0 Å². The van der Waals surface area contributed by atoms with E-state index in [4.69, 9.17) is 15.7 Å². The number of nitrogens with zero attached hydrogens (tertiary/aromatic N) is 3. The molecule has 0 amide bonds. The zero-order valence-electron chi connectivity index (χ0n) is 10.4. The lowest BCUT2D eigenvalue weighted by Crippen LogP contribution is -2.14. The lowest BCUT2D eigenvalue weighted by Gasteiger charge is -2.07. The first-order valence-corrected chi connectivity index (χ1v) is 5.57. The van der Waals surface area contributed by atoms with Crippen LogP contribution in [-0.4, -0.2) is 21.0 Å². The highest BCUT2D eigenvalue weighted by molar-refractivity contribution is 5.95. The molecule has 3 N–H and O–H groups in total. The van der Waals surface area contributed by atoms with Gasteiger partial charge in [-0.15, -0.1) is 0 Å². The summed E-state index contributed by atoms with van der Waals surface area (Å²) < 4.78 is 18.4. The third-order valence-electron chi connectivity index (χ3n) is 2.45. The molecule has 1 aromatic heterocycles. The summed E-state index contributed by atoms with van der Waals surface area (Å²) in [5.41, 5.74) is 4.99. The first-order valence-electron chi connectivity index (χ1n) is 5.57. The Kier molecular flexibility index (Phi) is 3.93. The van der Waals surface area contributed by atoms with Crippen LogP contribution in [0.1, 0.15) is 5.69 Å². The maximum atomic E-state index is 13.0. The highest BCUT2D eigenvalue weighted by Gasteiger charge is 2.17. The van der Waals surface area contributed by atoms with Gasteiger partial charge in [-0.1, -0.05) is 5.16 Å². The number of benzene rings is 1. The van der Waals surface area contributed by atoms with Gasteiger partial charge in [-0.05, 0) is 18.2 Å². The Hall–Kier alpha value is -3.23. The molecule has 0 atom stereocenters. The second-order valence-electron chi connectivity index (χ2n) is 3.83. The van der Waals surface area contributed by atoms with Crippen LogP contribution in [0.5, 0.6) is 11.5 Å². The van der Waals surface area contributed by atoms with E-state index < -0.39 is 16.4 Å². The van der Waals surface area contributed by atoms with Crippen LogP contribution in [0.2, 0.25) is 0 Å². The Labute approximate surface area is 117 Å². The smallest absolute Gasteiger partial charge is 0.314 e. The van der Waals surface area contributed by atoms with Crippen molar-refractivity contribution in [1.29, 1.82) is 0 Å². The quantitative estimate of drug-likeness (QED) is 0.292. The molecule has 0 bridgehead atoms. The zero-order valence-corrected chi connectivity index (χ0v) is 10.4. The fraction of sp³-hybridized carbons (Fsp3) is 0. The molecule has 0 spiro atoms. The van der Waals surface area contributed by atoms with E-state index in [1.165, 1.54) is 18.3 Å². The average Bonchev–Trinajstić information content (AvgIpc) is 2.48. The molecule has 1 heterocycles. The summed E-state index contributed by atoms with van der Waals surface area (Å²) in [7, 11) is 0. The van der Waals surface area contributed by atoms with Crippen LogP contribution in [0.15, 0.2) is 41.7 Å². The molecule has 9 heteroatoms. The van der Waals surface area contributed by atoms with Gasteiger partial charge in [0, 0.05) is 12.3 Å². The largest absolute Gasteiger partial charge is 0.450 e. The van der Waals surface area contributed by atoms with Crippen molar-refractivity contribution >= 4 is 11.5 Å². The van der Waals surface area contributed by atoms with Crippen LogP contribution in [0.25, 0.3) is 0 Å². The predicted octanol–water partition coefficient (Wildman–Crippen LogP) is 2.02. The monoisotopic (exact) mass is 292 g/mol. The summed E-state index contributed by atoms with van der Waals surface area (Å²) in [5, 5.41) is 22.2. The lowest BCUT2D eigenvalue weighted by molar-refractivity contribution is -0.385. The van der Waals surface area contributed by atoms with Crippen molar-refractivity contribution in [2.45, 2.75) is 0 Å². The van der Waals surface area contributed by atoms with Crippen LogP contribution < -0.4 is 10.5 Å². The van der Waals surface area contributed by atoms with Gasteiger partial charge in [-0.3, -0.25) is 15.1 Å². The molecule has 8 nitrogen and oxygen atoms in total. The van der Waals surface area contributed by atoms with Crippen molar-refractivity contribution in [3.8, 4) is 11.5 Å². The third kappa shape index (κ3) is 3.21. The second-order valence-corrected chi connectivity index (χ2v) is 3.83. The number of hydrogen-bond acceptors (Lipinski definition) is 6. The average molecular weight is 292 g/mol. The Balaban J connectivity index is 2.37. The molecule has 0 aliphatic carbocycles. The van der Waals surface area contributed by atoms with Crippen LogP contribution in [0.4, 0.5) is 10.1 Å². The molecule has 108 valence electrons. The molecule has 0 saturated heterocycles. The van der Waals surface area contributed by atoms with Crippen molar-refractivity contribution in [3.63, 3.8) is 0 Å². The number of nitrogens with two attached hydrogens (primary N) is 1. The van der Waals surface area contributed by atoms with E-state index in [1.54, 1.807) is 0 Å². The number of ether oxygens (including phenoxy) is 1. The molecule has 0 unspecified atom stereocenters. The van der Waals surface area contributed by atoms with Crippen molar-refractivity contribution in [3.05, 3.63) is 58.2 Å². The van der Waals surface area contributed by atoms with E-state index in [0.717, 1.165) is 18.2 Å². The Morgan fingerprint density at radius 2 is 2.19 bits per heavy atom. The molecule has 21 heavy (non-hydrogen) atoms. The minimum atomic E-state index is -0.760. The maximum Gasteiger partial charge on any atom is 0.314 e. The van der Waals surface area contributed by atoms with Crippen molar-refractivity contribution in [2.24, 2.45) is 10.9 Å². The highest BCUT2D eigenvalue weighted by Crippen LogP contribution is 2.31. The minimum Gasteiger partial charge on any atom is -0.450 e. The number of aromatic nitrogens is 1. The maximum absolute atomic E-state index is 13.0. The molecule has 2 aromatic rings. The molecule has 2 rings (SSSR count). The Morgan fingerprint density at radius 3 is 2.86 bits per heavy atom. The summed E-state index contributed by atoms with van der Waals surface area (Å²) in [4.78, 5) is 13.9. The number of amidine groups is 1. The summed E-state index contributed by atoms with van der Waals surface area (Å²) in [6, 6.07) is 5.66. The van der Waals surface area contributed by atoms with Gasteiger partial charge in [-0.25, -0.2) is 4.39 Å². The molecular weight excluding hydrogens is 283 g/mol. The van der Waals surface area contributed by atoms with Gasteiger partial charge in [0.05, 0.1) is 11.0 Å². The number of pyridine rings is 1. The van der Waals surface area contributed by atoms with Crippen LogP contribution in [0, 0.1) is 15.9 Å². The molecular formula is C12H9FN4O4. The summed E-state index contributed by atoms with van der Waals surface area (Å²) in [5.74, 6) is -0.963. The first-order chi connectivity index (χ1) is 10.0. The fourth-order valence-corrected chi connectivity index (χ4v) is 1.51. The number of hydrogen-bond donors (Lipinski definition) is 2. The van der Waals surface area contributed by atoms with Gasteiger partial charge in [0.25, 0.3) is 0 Å². The number of nitro groups is 1. The summed E-state index contributed by atoms with van der Waals surface area (Å²) >= 11 is 0. The third-order valence-corrected chi connectivity index (χ3v) is 2.45. The molecule has 0 radical (unpaired) electrons. The molecule has 0 aliphatic heterocycles. The van der Waals surface area contributed by atoms with E-state index in [1.807, 2.05) is 0 Å². The van der Waals surface area contributed by atoms with Gasteiger partial charge in [0.2, 0.25) is 5.75 Å². The standard InChI is InChI=1S/C12H9FN4O4/c13-7-1-2-11(10(5-7)17(19)20)21-8-3-4-15-9(6-8)12(14)16-18/h1-6,18H,(H2,14,16). The fourth-order valence-electron chi connectivity index (χ4n) is 1.51. The molecule has 0 fully saturated rings. The van der Waals surface area contributed by atoms with Gasteiger partial charge in [0.15, 0.2) is 5.84 Å².